The number of piperazine rings is 1. The normalized spacial score (nSPS) is 16.6. The summed E-state index contributed by atoms with van der Waals surface area (Å²) in [5.74, 6) is 0.899. The van der Waals surface area contributed by atoms with Crippen molar-refractivity contribution in [2.24, 2.45) is 0 Å². The summed E-state index contributed by atoms with van der Waals surface area (Å²) in [6, 6.07) is 7.39. The average Bonchev–Trinajstić information content (AvgIpc) is 3.00. The quantitative estimate of drug-likeness (QED) is 0.892. The molecule has 0 atom stereocenters. The lowest BCUT2D eigenvalue weighted by atomic mass is 10.1. The van der Waals surface area contributed by atoms with Crippen molar-refractivity contribution < 1.29 is 9.59 Å². The third-order valence-corrected chi connectivity index (χ3v) is 4.66. The second kappa shape index (κ2) is 6.16. The van der Waals surface area contributed by atoms with E-state index in [0.29, 0.717) is 25.1 Å². The number of amides is 2. The van der Waals surface area contributed by atoms with E-state index in [0.717, 1.165) is 35.9 Å². The molecule has 1 aromatic heterocycles. The number of hydrogen-bond acceptors (Lipinski definition) is 5. The van der Waals surface area contributed by atoms with Crippen LogP contribution >= 0.6 is 0 Å². The van der Waals surface area contributed by atoms with Gasteiger partial charge in [-0.05, 0) is 30.7 Å². The predicted molar refractivity (Wildman–Crippen MR) is 93.7 cm³/mol. The summed E-state index contributed by atoms with van der Waals surface area (Å²) in [6.45, 7) is 4.73. The van der Waals surface area contributed by atoms with Gasteiger partial charge in [0, 0.05) is 49.2 Å². The molecule has 0 unspecified atom stereocenters. The van der Waals surface area contributed by atoms with E-state index >= 15 is 0 Å². The topological polar surface area (TPSA) is 78.4 Å². The van der Waals surface area contributed by atoms with Crippen molar-refractivity contribution >= 4 is 23.3 Å². The highest BCUT2D eigenvalue weighted by Crippen LogP contribution is 2.25. The number of carbonyl (C=O) groups is 2. The first-order chi connectivity index (χ1) is 12.1. The van der Waals surface area contributed by atoms with Crippen LogP contribution in [0.1, 0.15) is 21.6 Å². The molecule has 0 radical (unpaired) electrons. The van der Waals surface area contributed by atoms with E-state index in [2.05, 4.69) is 20.2 Å². The largest absolute Gasteiger partial charge is 0.353 e. The molecule has 4 rings (SSSR count). The zero-order valence-corrected chi connectivity index (χ0v) is 14.0. The lowest BCUT2D eigenvalue weighted by Gasteiger charge is -2.35. The molecule has 2 amide bonds. The Morgan fingerprint density at radius 1 is 1.12 bits per heavy atom. The average molecular weight is 337 g/mol. The molecule has 7 nitrogen and oxygen atoms in total. The van der Waals surface area contributed by atoms with Crippen molar-refractivity contribution in [3.8, 4) is 0 Å². The van der Waals surface area contributed by atoms with Crippen molar-refractivity contribution in [1.29, 1.82) is 0 Å². The number of benzene rings is 1. The number of fused-ring (bicyclic) bond motifs is 1. The van der Waals surface area contributed by atoms with E-state index in [9.17, 15) is 9.59 Å². The van der Waals surface area contributed by atoms with Crippen LogP contribution < -0.4 is 10.2 Å². The van der Waals surface area contributed by atoms with Crippen molar-refractivity contribution in [2.75, 3.05) is 36.4 Å². The van der Waals surface area contributed by atoms with Crippen LogP contribution in [0.3, 0.4) is 0 Å². The first-order valence-corrected chi connectivity index (χ1v) is 8.36. The minimum atomic E-state index is -0.0200. The number of nitrogens with one attached hydrogen (secondary N) is 1. The second-order valence-corrected chi connectivity index (χ2v) is 6.39. The van der Waals surface area contributed by atoms with Crippen LogP contribution in [-0.4, -0.2) is 52.9 Å². The fraction of sp³-hybridized carbons (Fsp3) is 0.333. The van der Waals surface area contributed by atoms with Crippen LogP contribution in [-0.2, 0) is 11.2 Å². The molecule has 0 aliphatic carbocycles. The minimum Gasteiger partial charge on any atom is -0.353 e. The lowest BCUT2D eigenvalue weighted by molar-refractivity contribution is -0.115. The summed E-state index contributed by atoms with van der Waals surface area (Å²) in [5.41, 5.74) is 3.28. The maximum atomic E-state index is 12.8. The molecule has 1 N–H and O–H groups in total. The first-order valence-electron chi connectivity index (χ1n) is 8.36. The summed E-state index contributed by atoms with van der Waals surface area (Å²) in [6.07, 6.45) is 1.92. The fourth-order valence-electron chi connectivity index (χ4n) is 3.30. The Kier molecular flexibility index (Phi) is 3.83. The van der Waals surface area contributed by atoms with Gasteiger partial charge in [0.1, 0.15) is 12.1 Å². The highest BCUT2D eigenvalue weighted by atomic mass is 16.2. The monoisotopic (exact) mass is 337 g/mol. The summed E-state index contributed by atoms with van der Waals surface area (Å²) in [5, 5.41) is 2.79. The Bertz CT molecular complexity index is 843. The van der Waals surface area contributed by atoms with Gasteiger partial charge in [0.15, 0.2) is 0 Å². The first kappa shape index (κ1) is 15.6. The molecule has 0 spiro atoms. The van der Waals surface area contributed by atoms with Gasteiger partial charge in [0.05, 0.1) is 6.42 Å². The number of nitrogens with zero attached hydrogens (tertiary/aromatic N) is 4. The molecule has 2 aromatic rings. The number of aryl methyl sites for hydroxylation is 1. The molecule has 1 saturated heterocycles. The van der Waals surface area contributed by atoms with Gasteiger partial charge < -0.3 is 15.1 Å². The van der Waals surface area contributed by atoms with Gasteiger partial charge in [-0.15, -0.1) is 0 Å². The Morgan fingerprint density at radius 2 is 1.92 bits per heavy atom. The van der Waals surface area contributed by atoms with Gasteiger partial charge in [-0.2, -0.15) is 0 Å². The van der Waals surface area contributed by atoms with E-state index in [1.54, 1.807) is 12.4 Å². The van der Waals surface area contributed by atoms with E-state index in [4.69, 9.17) is 0 Å². The Hall–Kier alpha value is -2.96. The molecular weight excluding hydrogens is 318 g/mol. The maximum absolute atomic E-state index is 12.8. The molecule has 0 bridgehead atoms. The Balaban J connectivity index is 1.43. The highest BCUT2D eigenvalue weighted by Gasteiger charge is 2.25. The van der Waals surface area contributed by atoms with E-state index in [1.165, 1.54) is 0 Å². The van der Waals surface area contributed by atoms with Crippen molar-refractivity contribution in [3.05, 3.63) is 47.4 Å². The summed E-state index contributed by atoms with van der Waals surface area (Å²) in [7, 11) is 0. The molecule has 128 valence electrons. The van der Waals surface area contributed by atoms with Crippen molar-refractivity contribution in [3.63, 3.8) is 0 Å². The van der Waals surface area contributed by atoms with Crippen LogP contribution in [0.5, 0.6) is 0 Å². The molecule has 2 aliphatic rings. The number of hydrogen-bond donors (Lipinski definition) is 1. The molecule has 7 heteroatoms. The number of anilines is 2. The fourth-order valence-corrected chi connectivity index (χ4v) is 3.30. The number of rotatable bonds is 2. The van der Waals surface area contributed by atoms with Gasteiger partial charge in [-0.3, -0.25) is 9.59 Å². The minimum absolute atomic E-state index is 0.0145. The summed E-state index contributed by atoms with van der Waals surface area (Å²) >= 11 is 0. The van der Waals surface area contributed by atoms with Crippen LogP contribution in [0.25, 0.3) is 0 Å². The van der Waals surface area contributed by atoms with Crippen LogP contribution in [0.15, 0.2) is 30.6 Å². The van der Waals surface area contributed by atoms with Gasteiger partial charge >= 0.3 is 0 Å². The van der Waals surface area contributed by atoms with Crippen molar-refractivity contribution in [2.45, 2.75) is 13.3 Å². The highest BCUT2D eigenvalue weighted by molar-refractivity contribution is 6.01. The van der Waals surface area contributed by atoms with Crippen LogP contribution in [0.4, 0.5) is 11.5 Å². The molecule has 1 fully saturated rings. The van der Waals surface area contributed by atoms with Crippen LogP contribution in [0, 0.1) is 6.92 Å². The van der Waals surface area contributed by atoms with Gasteiger partial charge in [-0.1, -0.05) is 0 Å². The SMILES string of the molecule is Cc1cc(N2CCN(C(=O)c3ccc4c(c3)CC(=O)N4)CC2)ncn1. The third kappa shape index (κ3) is 3.05. The molecule has 25 heavy (non-hydrogen) atoms. The Morgan fingerprint density at radius 3 is 2.68 bits per heavy atom. The summed E-state index contributed by atoms with van der Waals surface area (Å²) < 4.78 is 0. The molecular formula is C18H19N5O2. The predicted octanol–water partition coefficient (Wildman–Crippen LogP) is 1.24. The second-order valence-electron chi connectivity index (χ2n) is 6.39. The number of aromatic nitrogens is 2. The molecule has 2 aliphatic heterocycles. The summed E-state index contributed by atoms with van der Waals surface area (Å²) in [4.78, 5) is 36.7. The molecule has 1 aromatic carbocycles. The van der Waals surface area contributed by atoms with Gasteiger partial charge in [-0.25, -0.2) is 9.97 Å². The van der Waals surface area contributed by atoms with E-state index < -0.39 is 0 Å². The smallest absolute Gasteiger partial charge is 0.253 e. The Labute approximate surface area is 145 Å². The van der Waals surface area contributed by atoms with E-state index in [1.807, 2.05) is 30.0 Å². The van der Waals surface area contributed by atoms with Gasteiger partial charge in [0.2, 0.25) is 5.91 Å². The lowest BCUT2D eigenvalue weighted by Crippen LogP contribution is -2.49. The number of carbonyl (C=O) groups excluding carboxylic acids is 2. The van der Waals surface area contributed by atoms with E-state index in [-0.39, 0.29) is 11.8 Å². The van der Waals surface area contributed by atoms with Crippen molar-refractivity contribution in [1.82, 2.24) is 14.9 Å². The maximum Gasteiger partial charge on any atom is 0.253 e. The third-order valence-electron chi connectivity index (χ3n) is 4.66. The van der Waals surface area contributed by atoms with Crippen LogP contribution in [0.2, 0.25) is 0 Å². The van der Waals surface area contributed by atoms with Gasteiger partial charge in [0.25, 0.3) is 5.91 Å². The zero-order valence-electron chi connectivity index (χ0n) is 14.0. The molecule has 3 heterocycles. The standard InChI is InChI=1S/C18H19N5O2/c1-12-8-16(20-11-19-12)22-4-6-23(7-5-22)18(25)13-2-3-15-14(9-13)10-17(24)21-15/h2-3,8-9,11H,4-7,10H2,1H3,(H,21,24). The zero-order chi connectivity index (χ0) is 17.4. The molecule has 0 saturated carbocycles.